The number of carbonyl (C=O) groups is 1. The standard InChI is InChI=1S/C15H19NO3/c1-10-8-16(9-12(10)15(17)18)13-6-7-19-14-5-3-2-4-11(13)14/h2-5,10,12-13H,6-9H2,1H3,(H,17,18)/t10-,12-,13?/m1/s1. The first-order valence-electron chi connectivity index (χ1n) is 6.85. The van der Waals surface area contributed by atoms with Crippen molar-refractivity contribution < 1.29 is 14.6 Å². The second kappa shape index (κ2) is 4.85. The Balaban J connectivity index is 1.83. The maximum atomic E-state index is 11.2. The number of ether oxygens (including phenoxy) is 1. The van der Waals surface area contributed by atoms with Crippen molar-refractivity contribution in [3.63, 3.8) is 0 Å². The van der Waals surface area contributed by atoms with Gasteiger partial charge in [0.2, 0.25) is 0 Å². The van der Waals surface area contributed by atoms with Crippen molar-refractivity contribution in [2.24, 2.45) is 11.8 Å². The largest absolute Gasteiger partial charge is 0.493 e. The van der Waals surface area contributed by atoms with Crippen LogP contribution in [0.25, 0.3) is 0 Å². The molecule has 1 fully saturated rings. The Morgan fingerprint density at radius 3 is 2.89 bits per heavy atom. The lowest BCUT2D eigenvalue weighted by molar-refractivity contribution is -0.142. The van der Waals surface area contributed by atoms with Crippen LogP contribution >= 0.6 is 0 Å². The molecule has 4 heteroatoms. The molecule has 1 aromatic carbocycles. The summed E-state index contributed by atoms with van der Waals surface area (Å²) in [6.45, 7) is 4.25. The minimum atomic E-state index is -0.671. The third-order valence-electron chi connectivity index (χ3n) is 4.33. The zero-order valence-corrected chi connectivity index (χ0v) is 11.1. The number of fused-ring (bicyclic) bond motifs is 1. The third kappa shape index (κ3) is 2.21. The maximum Gasteiger partial charge on any atom is 0.308 e. The summed E-state index contributed by atoms with van der Waals surface area (Å²) in [7, 11) is 0. The predicted octanol–water partition coefficient (Wildman–Crippen LogP) is 2.16. The Hall–Kier alpha value is -1.55. The van der Waals surface area contributed by atoms with Crippen LogP contribution in [0.5, 0.6) is 5.75 Å². The Morgan fingerprint density at radius 2 is 2.16 bits per heavy atom. The first-order valence-corrected chi connectivity index (χ1v) is 6.85. The lowest BCUT2D eigenvalue weighted by Gasteiger charge is -2.33. The highest BCUT2D eigenvalue weighted by Gasteiger charge is 2.39. The lowest BCUT2D eigenvalue weighted by atomic mass is 9.99. The number of likely N-dealkylation sites (tertiary alicyclic amines) is 1. The summed E-state index contributed by atoms with van der Waals surface area (Å²) in [5.74, 6) is 0.253. The fourth-order valence-electron chi connectivity index (χ4n) is 3.28. The van der Waals surface area contributed by atoms with Gasteiger partial charge < -0.3 is 9.84 Å². The molecular weight excluding hydrogens is 242 g/mol. The number of rotatable bonds is 2. The number of para-hydroxylation sites is 1. The molecule has 1 unspecified atom stereocenters. The van der Waals surface area contributed by atoms with E-state index < -0.39 is 5.97 Å². The van der Waals surface area contributed by atoms with Crippen LogP contribution < -0.4 is 4.74 Å². The Labute approximate surface area is 113 Å². The number of carboxylic acids is 1. The number of benzene rings is 1. The lowest BCUT2D eigenvalue weighted by Crippen LogP contribution is -2.31. The summed E-state index contributed by atoms with van der Waals surface area (Å²) in [5, 5.41) is 9.24. The first kappa shape index (κ1) is 12.5. The zero-order valence-electron chi connectivity index (χ0n) is 11.1. The molecule has 2 aliphatic heterocycles. The summed E-state index contributed by atoms with van der Waals surface area (Å²) >= 11 is 0. The molecule has 102 valence electrons. The molecule has 4 nitrogen and oxygen atoms in total. The predicted molar refractivity (Wildman–Crippen MR) is 71.2 cm³/mol. The molecule has 0 spiro atoms. The highest BCUT2D eigenvalue weighted by molar-refractivity contribution is 5.71. The van der Waals surface area contributed by atoms with E-state index in [1.807, 2.05) is 25.1 Å². The minimum absolute atomic E-state index is 0.215. The van der Waals surface area contributed by atoms with E-state index in [1.54, 1.807) is 0 Å². The molecule has 0 saturated carbocycles. The smallest absolute Gasteiger partial charge is 0.308 e. The average molecular weight is 261 g/mol. The van der Waals surface area contributed by atoms with Gasteiger partial charge in [-0.3, -0.25) is 9.69 Å². The van der Waals surface area contributed by atoms with Gasteiger partial charge in [-0.25, -0.2) is 0 Å². The van der Waals surface area contributed by atoms with Crippen molar-refractivity contribution in [1.82, 2.24) is 4.90 Å². The highest BCUT2D eigenvalue weighted by Crippen LogP contribution is 2.39. The monoisotopic (exact) mass is 261 g/mol. The average Bonchev–Trinajstić information content (AvgIpc) is 2.80. The Morgan fingerprint density at radius 1 is 1.37 bits per heavy atom. The molecule has 2 aliphatic rings. The molecule has 3 rings (SSSR count). The van der Waals surface area contributed by atoms with E-state index in [-0.39, 0.29) is 11.8 Å². The second-order valence-corrected chi connectivity index (χ2v) is 5.57. The fourth-order valence-corrected chi connectivity index (χ4v) is 3.28. The van der Waals surface area contributed by atoms with E-state index in [9.17, 15) is 9.90 Å². The zero-order chi connectivity index (χ0) is 13.4. The molecule has 0 amide bonds. The van der Waals surface area contributed by atoms with Crippen molar-refractivity contribution in [2.45, 2.75) is 19.4 Å². The van der Waals surface area contributed by atoms with E-state index in [2.05, 4.69) is 11.0 Å². The van der Waals surface area contributed by atoms with Crippen LogP contribution in [0.15, 0.2) is 24.3 Å². The molecule has 2 heterocycles. The third-order valence-corrected chi connectivity index (χ3v) is 4.33. The van der Waals surface area contributed by atoms with Gasteiger partial charge in [0.1, 0.15) is 5.75 Å². The first-order chi connectivity index (χ1) is 9.16. The van der Waals surface area contributed by atoms with Gasteiger partial charge in [0.05, 0.1) is 12.5 Å². The van der Waals surface area contributed by atoms with Gasteiger partial charge in [-0.1, -0.05) is 25.1 Å². The second-order valence-electron chi connectivity index (χ2n) is 5.57. The summed E-state index contributed by atoms with van der Waals surface area (Å²) in [6.07, 6.45) is 0.941. The van der Waals surface area contributed by atoms with Crippen LogP contribution in [0.2, 0.25) is 0 Å². The van der Waals surface area contributed by atoms with E-state index in [1.165, 1.54) is 5.56 Å². The fraction of sp³-hybridized carbons (Fsp3) is 0.533. The van der Waals surface area contributed by atoms with Gasteiger partial charge in [-0.05, 0) is 12.0 Å². The van der Waals surface area contributed by atoms with Gasteiger partial charge >= 0.3 is 5.97 Å². The quantitative estimate of drug-likeness (QED) is 0.886. The minimum Gasteiger partial charge on any atom is -0.493 e. The van der Waals surface area contributed by atoms with Gasteiger partial charge in [-0.2, -0.15) is 0 Å². The van der Waals surface area contributed by atoms with Crippen LogP contribution in [0, 0.1) is 11.8 Å². The number of carboxylic acid groups (broad SMARTS) is 1. The topological polar surface area (TPSA) is 49.8 Å². The van der Waals surface area contributed by atoms with Crippen LogP contribution in [0.4, 0.5) is 0 Å². The number of hydrogen-bond donors (Lipinski definition) is 1. The van der Waals surface area contributed by atoms with Crippen LogP contribution in [0.3, 0.4) is 0 Å². The highest BCUT2D eigenvalue weighted by atomic mass is 16.5. The molecule has 1 N–H and O–H groups in total. The molecule has 3 atom stereocenters. The van der Waals surface area contributed by atoms with E-state index in [0.29, 0.717) is 19.2 Å². The Bertz CT molecular complexity index is 488. The molecule has 0 aromatic heterocycles. The summed E-state index contributed by atoms with van der Waals surface area (Å²) in [4.78, 5) is 13.5. The molecule has 0 radical (unpaired) electrons. The van der Waals surface area contributed by atoms with E-state index >= 15 is 0 Å². The van der Waals surface area contributed by atoms with Crippen LogP contribution in [-0.2, 0) is 4.79 Å². The molecule has 19 heavy (non-hydrogen) atoms. The maximum absolute atomic E-state index is 11.2. The van der Waals surface area contributed by atoms with Gasteiger partial charge in [0.25, 0.3) is 0 Å². The van der Waals surface area contributed by atoms with Crippen molar-refractivity contribution in [3.05, 3.63) is 29.8 Å². The van der Waals surface area contributed by atoms with Gasteiger partial charge in [0.15, 0.2) is 0 Å². The number of hydrogen-bond acceptors (Lipinski definition) is 3. The normalized spacial score (nSPS) is 30.7. The molecule has 0 bridgehead atoms. The SMILES string of the molecule is C[C@@H]1CN(C2CCOc3ccccc32)C[C@H]1C(=O)O. The van der Waals surface area contributed by atoms with Gasteiger partial charge in [0, 0.05) is 31.1 Å². The summed E-state index contributed by atoms with van der Waals surface area (Å²) < 4.78 is 5.67. The summed E-state index contributed by atoms with van der Waals surface area (Å²) in [5.41, 5.74) is 1.20. The van der Waals surface area contributed by atoms with Crippen molar-refractivity contribution in [3.8, 4) is 5.75 Å². The Kier molecular flexibility index (Phi) is 3.19. The van der Waals surface area contributed by atoms with Crippen molar-refractivity contribution in [2.75, 3.05) is 19.7 Å². The summed E-state index contributed by atoms with van der Waals surface area (Å²) in [6, 6.07) is 8.40. The van der Waals surface area contributed by atoms with E-state index in [4.69, 9.17) is 4.74 Å². The molecular formula is C15H19NO3. The van der Waals surface area contributed by atoms with Crippen molar-refractivity contribution in [1.29, 1.82) is 0 Å². The van der Waals surface area contributed by atoms with Gasteiger partial charge in [-0.15, -0.1) is 0 Å². The molecule has 1 saturated heterocycles. The molecule has 1 aromatic rings. The van der Waals surface area contributed by atoms with Crippen molar-refractivity contribution >= 4 is 5.97 Å². The van der Waals surface area contributed by atoms with Crippen LogP contribution in [0.1, 0.15) is 24.9 Å². The number of nitrogens with zero attached hydrogens (tertiary/aromatic N) is 1. The van der Waals surface area contributed by atoms with E-state index in [0.717, 1.165) is 18.7 Å². The number of aliphatic carboxylic acids is 1. The van der Waals surface area contributed by atoms with Crippen LogP contribution in [-0.4, -0.2) is 35.7 Å². The molecule has 0 aliphatic carbocycles.